The number of aliphatic hydroxyl groups excluding tert-OH is 3. The Morgan fingerprint density at radius 3 is 2.19 bits per heavy atom. The average molecular weight is 440 g/mol. The average Bonchev–Trinajstić information content (AvgIpc) is 3.35. The van der Waals surface area contributed by atoms with Crippen molar-refractivity contribution in [2.24, 2.45) is 28.1 Å². The fraction of sp³-hybridized carbons (Fsp3) is 0.850. The van der Waals surface area contributed by atoms with Gasteiger partial charge in [0.15, 0.2) is 17.8 Å². The van der Waals surface area contributed by atoms with Crippen molar-refractivity contribution in [1.29, 1.82) is 0 Å². The number of carbonyl (C=O) groups is 3. The maximum atomic E-state index is 13.4. The van der Waals surface area contributed by atoms with E-state index in [1.165, 1.54) is 6.92 Å². The molecule has 0 aromatic carbocycles. The Hall–Kier alpha value is -1.79. The highest BCUT2D eigenvalue weighted by Gasteiger charge is 3.05. The highest BCUT2D eigenvalue weighted by atomic mass is 16.8. The third-order valence-corrected chi connectivity index (χ3v) is 8.95. The molecule has 2 spiro atoms. The van der Waals surface area contributed by atoms with E-state index in [9.17, 15) is 34.8 Å². The summed E-state index contributed by atoms with van der Waals surface area (Å²) in [6.07, 6.45) is -9.69. The first-order valence-corrected chi connectivity index (χ1v) is 10.3. The molecular weight excluding hydrogens is 416 g/mol. The second-order valence-corrected chi connectivity index (χ2v) is 10.8. The highest BCUT2D eigenvalue weighted by molar-refractivity contribution is 5.94. The van der Waals surface area contributed by atoms with E-state index in [1.54, 1.807) is 20.8 Å². The Morgan fingerprint density at radius 2 is 1.58 bits per heavy atom. The Morgan fingerprint density at radius 1 is 0.935 bits per heavy atom. The van der Waals surface area contributed by atoms with Crippen LogP contribution in [0.4, 0.5) is 0 Å². The van der Waals surface area contributed by atoms with Crippen LogP contribution in [0.2, 0.25) is 0 Å². The van der Waals surface area contributed by atoms with Crippen molar-refractivity contribution in [3.05, 3.63) is 0 Å². The maximum Gasteiger partial charge on any atom is 0.343 e. The summed E-state index contributed by atoms with van der Waals surface area (Å²) >= 11 is 0. The lowest BCUT2D eigenvalue weighted by atomic mass is 9.51. The van der Waals surface area contributed by atoms with E-state index >= 15 is 0 Å². The highest BCUT2D eigenvalue weighted by Crippen LogP contribution is 2.84. The second kappa shape index (κ2) is 4.91. The van der Waals surface area contributed by atoms with Crippen LogP contribution in [-0.4, -0.2) is 86.3 Å². The van der Waals surface area contributed by atoms with Gasteiger partial charge in [-0.2, -0.15) is 0 Å². The van der Waals surface area contributed by atoms with Gasteiger partial charge in [0, 0.05) is 5.92 Å². The fourth-order valence-corrected chi connectivity index (χ4v) is 8.27. The predicted octanol–water partition coefficient (Wildman–Crippen LogP) is -2.40. The molecular formula is C20H24O11. The number of hydrogen-bond acceptors (Lipinski definition) is 11. The normalized spacial score (nSPS) is 61.0. The summed E-state index contributed by atoms with van der Waals surface area (Å²) in [6.45, 7) is 6.63. The van der Waals surface area contributed by atoms with Crippen molar-refractivity contribution >= 4 is 17.9 Å². The van der Waals surface area contributed by atoms with Gasteiger partial charge in [-0.3, -0.25) is 4.79 Å². The van der Waals surface area contributed by atoms with Crippen LogP contribution in [0.5, 0.6) is 0 Å². The molecule has 6 aliphatic rings. The molecule has 0 amide bonds. The number of ether oxygens (including phenoxy) is 4. The molecule has 2 saturated carbocycles. The third kappa shape index (κ3) is 1.43. The molecule has 2 aliphatic carbocycles. The van der Waals surface area contributed by atoms with Crippen LogP contribution in [0, 0.1) is 28.1 Å². The molecule has 0 aromatic rings. The van der Waals surface area contributed by atoms with Gasteiger partial charge in [-0.25, -0.2) is 9.59 Å². The fourth-order valence-electron chi connectivity index (χ4n) is 8.27. The standard InChI is InChI=1S/C20H24O11/c1-5-12(24)28-11-8(22)18-10-6(21)7(16(2,3)4)17(18)9(23)13(25)30-15(17)31-20(18,14(26)29-10)19(5,11)27/h5-11,15,21-23,27H,1-4H3/t5?,6-,7?,8?,9+,10?,11?,15?,17?,18?,19?,20?/m1/s1. The third-order valence-electron chi connectivity index (χ3n) is 8.95. The largest absolute Gasteiger partial charge is 0.456 e. The van der Waals surface area contributed by atoms with E-state index in [4.69, 9.17) is 18.9 Å². The Bertz CT molecular complexity index is 957. The van der Waals surface area contributed by atoms with Crippen LogP contribution < -0.4 is 0 Å². The number of carbonyl (C=O) groups excluding carboxylic acids is 3. The minimum absolute atomic E-state index is 0.792. The van der Waals surface area contributed by atoms with Gasteiger partial charge in [-0.05, 0) is 12.3 Å². The summed E-state index contributed by atoms with van der Waals surface area (Å²) in [7, 11) is 0. The van der Waals surface area contributed by atoms with Crippen molar-refractivity contribution in [3.8, 4) is 0 Å². The SMILES string of the molecule is CC1C(=O)OC2C(O)C34C5OC(=O)C3(OC3OC(=O)[C@H](O)C34C(C(C)(C)C)[C@H]5O)C12O. The van der Waals surface area contributed by atoms with Gasteiger partial charge in [0.1, 0.15) is 12.2 Å². The molecule has 11 heteroatoms. The second-order valence-electron chi connectivity index (χ2n) is 10.8. The van der Waals surface area contributed by atoms with Gasteiger partial charge in [0.2, 0.25) is 11.9 Å². The van der Waals surface area contributed by atoms with E-state index in [0.29, 0.717) is 0 Å². The van der Waals surface area contributed by atoms with E-state index < -0.39 is 94.0 Å². The lowest BCUT2D eigenvalue weighted by Gasteiger charge is -2.47. The number of hydrogen-bond donors (Lipinski definition) is 4. The minimum Gasteiger partial charge on any atom is -0.456 e. The predicted molar refractivity (Wildman–Crippen MR) is 93.4 cm³/mol. The number of aliphatic hydroxyl groups is 4. The van der Waals surface area contributed by atoms with Crippen molar-refractivity contribution < 1.29 is 53.8 Å². The first-order chi connectivity index (χ1) is 14.3. The number of esters is 3. The number of fused-ring (bicyclic) bond motifs is 1. The van der Waals surface area contributed by atoms with Gasteiger partial charge < -0.3 is 39.4 Å². The van der Waals surface area contributed by atoms with E-state index in [0.717, 1.165) is 0 Å². The molecule has 0 radical (unpaired) electrons. The van der Waals surface area contributed by atoms with Gasteiger partial charge in [-0.1, -0.05) is 20.8 Å². The monoisotopic (exact) mass is 440 g/mol. The van der Waals surface area contributed by atoms with Gasteiger partial charge >= 0.3 is 17.9 Å². The molecule has 4 N–H and O–H groups in total. The Balaban J connectivity index is 1.75. The summed E-state index contributed by atoms with van der Waals surface area (Å²) in [4.78, 5) is 38.3. The van der Waals surface area contributed by atoms with Crippen LogP contribution in [0.1, 0.15) is 27.7 Å². The smallest absolute Gasteiger partial charge is 0.343 e. The molecule has 4 aliphatic heterocycles. The Labute approximate surface area is 176 Å². The maximum absolute atomic E-state index is 13.4. The lowest BCUT2D eigenvalue weighted by Crippen LogP contribution is -2.67. The molecule has 6 rings (SSSR count). The summed E-state index contributed by atoms with van der Waals surface area (Å²) < 4.78 is 22.2. The zero-order valence-electron chi connectivity index (χ0n) is 17.3. The summed E-state index contributed by atoms with van der Waals surface area (Å²) in [5.74, 6) is -5.22. The van der Waals surface area contributed by atoms with Gasteiger partial charge in [0.05, 0.1) is 22.9 Å². The molecule has 10 unspecified atom stereocenters. The van der Waals surface area contributed by atoms with Crippen LogP contribution in [0.3, 0.4) is 0 Å². The quantitative estimate of drug-likeness (QED) is 0.234. The van der Waals surface area contributed by atoms with Crippen molar-refractivity contribution in [1.82, 2.24) is 0 Å². The molecule has 12 atom stereocenters. The summed E-state index contributed by atoms with van der Waals surface area (Å²) in [6, 6.07) is 0. The van der Waals surface area contributed by atoms with Crippen molar-refractivity contribution in [2.75, 3.05) is 0 Å². The first-order valence-electron chi connectivity index (χ1n) is 10.3. The Kier molecular flexibility index (Phi) is 3.15. The molecule has 4 heterocycles. The van der Waals surface area contributed by atoms with Crippen molar-refractivity contribution in [2.45, 2.75) is 75.7 Å². The molecule has 4 saturated heterocycles. The minimum atomic E-state index is -2.40. The van der Waals surface area contributed by atoms with Crippen LogP contribution in [0.25, 0.3) is 0 Å². The van der Waals surface area contributed by atoms with Crippen LogP contribution in [-0.2, 0) is 33.3 Å². The van der Waals surface area contributed by atoms with Crippen LogP contribution in [0.15, 0.2) is 0 Å². The van der Waals surface area contributed by atoms with E-state index in [-0.39, 0.29) is 0 Å². The zero-order valence-corrected chi connectivity index (χ0v) is 17.3. The lowest BCUT2D eigenvalue weighted by molar-refractivity contribution is -0.240. The molecule has 0 bridgehead atoms. The van der Waals surface area contributed by atoms with Crippen molar-refractivity contribution in [3.63, 3.8) is 0 Å². The zero-order chi connectivity index (χ0) is 22.7. The van der Waals surface area contributed by atoms with E-state index in [2.05, 4.69) is 0 Å². The summed E-state index contributed by atoms with van der Waals surface area (Å²) in [5.41, 5.74) is -9.40. The molecule has 31 heavy (non-hydrogen) atoms. The molecule has 6 fully saturated rings. The number of rotatable bonds is 0. The molecule has 170 valence electrons. The molecule has 0 aromatic heterocycles. The summed E-state index contributed by atoms with van der Waals surface area (Å²) in [5, 5.41) is 46.1. The topological polar surface area (TPSA) is 169 Å². The molecule has 11 nitrogen and oxygen atoms in total. The van der Waals surface area contributed by atoms with Gasteiger partial charge in [0.25, 0.3) is 0 Å². The van der Waals surface area contributed by atoms with E-state index in [1.807, 2.05) is 0 Å². The van der Waals surface area contributed by atoms with Crippen LogP contribution >= 0.6 is 0 Å². The first kappa shape index (κ1) is 19.9. The van der Waals surface area contributed by atoms with Gasteiger partial charge in [-0.15, -0.1) is 0 Å².